The number of unbranched alkanes of at least 4 members (excludes halogenated alkanes) is 2. The van der Waals surface area contributed by atoms with Crippen LogP contribution in [0, 0.1) is 12.8 Å². The fraction of sp³-hybridized carbons (Fsp3) is 0.531. The SMILES string of the molecule is CCCCN1C[C@@H]2N(C(=O)OCc3cc(C)cc(C(F)(F)F)c3)C[C@H](Cc3ccccc3)C(=O)N2[C@@H](CCCCN)C1=O. The second-order valence-corrected chi connectivity index (χ2v) is 11.5. The van der Waals surface area contributed by atoms with Crippen molar-refractivity contribution in [1.29, 1.82) is 0 Å². The van der Waals surface area contributed by atoms with Gasteiger partial charge in [0.05, 0.1) is 18.0 Å². The summed E-state index contributed by atoms with van der Waals surface area (Å²) in [6.45, 7) is 4.40. The number of rotatable bonds is 11. The molecule has 4 rings (SSSR count). The van der Waals surface area contributed by atoms with E-state index in [1.54, 1.807) is 22.8 Å². The van der Waals surface area contributed by atoms with E-state index in [0.29, 0.717) is 44.3 Å². The van der Waals surface area contributed by atoms with Gasteiger partial charge in [0.2, 0.25) is 11.8 Å². The fourth-order valence-electron chi connectivity index (χ4n) is 5.99. The van der Waals surface area contributed by atoms with Crippen LogP contribution < -0.4 is 5.73 Å². The summed E-state index contributed by atoms with van der Waals surface area (Å²) in [5.74, 6) is -0.940. The maximum Gasteiger partial charge on any atom is 0.416 e. The average molecular weight is 603 g/mol. The Morgan fingerprint density at radius 3 is 2.42 bits per heavy atom. The average Bonchev–Trinajstić information content (AvgIpc) is 2.97. The Labute approximate surface area is 250 Å². The molecule has 0 bridgehead atoms. The number of carbonyl (C=O) groups excluding carboxylic acids is 3. The third-order valence-electron chi connectivity index (χ3n) is 8.12. The van der Waals surface area contributed by atoms with E-state index in [1.165, 1.54) is 4.90 Å². The zero-order valence-corrected chi connectivity index (χ0v) is 24.8. The highest BCUT2D eigenvalue weighted by atomic mass is 19.4. The van der Waals surface area contributed by atoms with Crippen LogP contribution in [0.1, 0.15) is 61.3 Å². The van der Waals surface area contributed by atoms with Crippen LogP contribution in [0.3, 0.4) is 0 Å². The molecule has 2 N–H and O–H groups in total. The number of hydrogen-bond donors (Lipinski definition) is 1. The van der Waals surface area contributed by atoms with E-state index in [9.17, 15) is 27.6 Å². The van der Waals surface area contributed by atoms with Gasteiger partial charge in [-0.1, -0.05) is 55.3 Å². The van der Waals surface area contributed by atoms with Gasteiger partial charge in [-0.3, -0.25) is 14.5 Å². The second-order valence-electron chi connectivity index (χ2n) is 11.5. The molecule has 0 spiro atoms. The van der Waals surface area contributed by atoms with E-state index in [2.05, 4.69) is 0 Å². The van der Waals surface area contributed by atoms with Crippen LogP contribution in [0.15, 0.2) is 48.5 Å². The van der Waals surface area contributed by atoms with Crippen LogP contribution in [-0.4, -0.2) is 71.0 Å². The number of piperazine rings is 1. The Morgan fingerprint density at radius 2 is 1.74 bits per heavy atom. The number of amides is 3. The Bertz CT molecular complexity index is 1270. The van der Waals surface area contributed by atoms with Crippen LogP contribution in [-0.2, 0) is 33.5 Å². The lowest BCUT2D eigenvalue weighted by molar-refractivity contribution is -0.173. The number of carbonyl (C=O) groups is 3. The minimum Gasteiger partial charge on any atom is -0.444 e. The number of alkyl halides is 3. The predicted octanol–water partition coefficient (Wildman–Crippen LogP) is 5.12. The number of benzene rings is 2. The third-order valence-corrected chi connectivity index (χ3v) is 8.12. The number of aryl methyl sites for hydroxylation is 1. The third kappa shape index (κ3) is 7.87. The van der Waals surface area contributed by atoms with Gasteiger partial charge in [-0.15, -0.1) is 0 Å². The quantitative estimate of drug-likeness (QED) is 0.361. The lowest BCUT2D eigenvalue weighted by Crippen LogP contribution is -2.73. The van der Waals surface area contributed by atoms with Crippen LogP contribution >= 0.6 is 0 Å². The molecule has 0 unspecified atom stereocenters. The van der Waals surface area contributed by atoms with Crippen LogP contribution in [0.4, 0.5) is 18.0 Å². The van der Waals surface area contributed by atoms with Crippen molar-refractivity contribution < 1.29 is 32.3 Å². The summed E-state index contributed by atoms with van der Waals surface area (Å²) >= 11 is 0. The highest BCUT2D eigenvalue weighted by molar-refractivity contribution is 5.91. The molecule has 3 amide bonds. The van der Waals surface area contributed by atoms with E-state index in [1.807, 2.05) is 37.3 Å². The number of nitrogens with two attached hydrogens (primary N) is 1. The van der Waals surface area contributed by atoms with Gasteiger partial charge in [0.25, 0.3) is 0 Å². The molecule has 2 aromatic carbocycles. The minimum atomic E-state index is -4.53. The van der Waals surface area contributed by atoms with Gasteiger partial charge in [0.15, 0.2) is 0 Å². The minimum absolute atomic E-state index is 0.0701. The van der Waals surface area contributed by atoms with Crippen LogP contribution in [0.5, 0.6) is 0 Å². The summed E-state index contributed by atoms with van der Waals surface area (Å²) in [6.07, 6.45) is -2.23. The van der Waals surface area contributed by atoms with Crippen LogP contribution in [0.2, 0.25) is 0 Å². The Balaban J connectivity index is 1.64. The van der Waals surface area contributed by atoms with E-state index in [4.69, 9.17) is 10.5 Å². The van der Waals surface area contributed by atoms with Gasteiger partial charge in [-0.2, -0.15) is 13.2 Å². The second kappa shape index (κ2) is 14.2. The number of fused-ring (bicyclic) bond motifs is 1. The molecule has 11 heteroatoms. The number of hydrogen-bond acceptors (Lipinski definition) is 5. The number of halogens is 3. The van der Waals surface area contributed by atoms with E-state index in [-0.39, 0.29) is 37.1 Å². The summed E-state index contributed by atoms with van der Waals surface area (Å²) in [4.78, 5) is 46.2. The van der Waals surface area contributed by atoms with Gasteiger partial charge < -0.3 is 20.3 Å². The van der Waals surface area contributed by atoms with Crippen molar-refractivity contribution in [3.8, 4) is 0 Å². The molecule has 2 saturated heterocycles. The molecule has 2 aliphatic heterocycles. The first-order valence-electron chi connectivity index (χ1n) is 15.0. The molecule has 0 saturated carbocycles. The largest absolute Gasteiger partial charge is 0.444 e. The summed E-state index contributed by atoms with van der Waals surface area (Å²) in [7, 11) is 0. The lowest BCUT2D eigenvalue weighted by atomic mass is 9.90. The normalized spacial score (nSPS) is 20.8. The Hall–Kier alpha value is -3.60. The van der Waals surface area contributed by atoms with Gasteiger partial charge in [0, 0.05) is 13.1 Å². The van der Waals surface area contributed by atoms with Crippen molar-refractivity contribution in [3.63, 3.8) is 0 Å². The molecule has 0 aromatic heterocycles. The monoisotopic (exact) mass is 602 g/mol. The van der Waals surface area contributed by atoms with E-state index < -0.39 is 36.0 Å². The van der Waals surface area contributed by atoms with E-state index in [0.717, 1.165) is 30.5 Å². The van der Waals surface area contributed by atoms with Crippen molar-refractivity contribution in [1.82, 2.24) is 14.7 Å². The fourth-order valence-corrected chi connectivity index (χ4v) is 5.99. The summed E-state index contributed by atoms with van der Waals surface area (Å²) in [5.41, 5.74) is 6.44. The van der Waals surface area contributed by atoms with E-state index >= 15 is 0 Å². The number of nitrogens with zero attached hydrogens (tertiary/aromatic N) is 3. The Kier molecular flexibility index (Phi) is 10.7. The Morgan fingerprint density at radius 1 is 1.00 bits per heavy atom. The maximum atomic E-state index is 14.0. The molecule has 2 aliphatic rings. The number of ether oxygens (including phenoxy) is 1. The summed E-state index contributed by atoms with van der Waals surface area (Å²) < 4.78 is 45.8. The summed E-state index contributed by atoms with van der Waals surface area (Å²) in [5, 5.41) is 0. The first-order chi connectivity index (χ1) is 20.5. The molecular weight excluding hydrogens is 561 g/mol. The first-order valence-corrected chi connectivity index (χ1v) is 15.0. The molecule has 0 radical (unpaired) electrons. The standard InChI is InChI=1S/C32H41F3N4O4/c1-3-4-14-37-20-28-38(31(42)43-21-24-15-22(2)16-26(18-24)32(33,34)35)19-25(17-23-10-6-5-7-11-23)29(40)39(28)27(30(37)41)12-8-9-13-36/h5-7,10-11,15-16,18,25,27-28H,3-4,8-9,12-14,17,19-21,36H2,1-2H3/t25-,27-,28+/m0/s1. The molecule has 3 atom stereocenters. The van der Waals surface area contributed by atoms with Gasteiger partial charge in [-0.25, -0.2) is 4.79 Å². The summed E-state index contributed by atoms with van der Waals surface area (Å²) in [6, 6.07) is 12.3. The van der Waals surface area contributed by atoms with Gasteiger partial charge in [-0.05, 0) is 68.8 Å². The molecule has 43 heavy (non-hydrogen) atoms. The van der Waals surface area contributed by atoms with Crippen molar-refractivity contribution in [2.24, 2.45) is 11.7 Å². The molecular formula is C32H41F3N4O4. The smallest absolute Gasteiger partial charge is 0.416 e. The molecule has 8 nitrogen and oxygen atoms in total. The highest BCUT2D eigenvalue weighted by Crippen LogP contribution is 2.33. The topological polar surface area (TPSA) is 96.2 Å². The lowest BCUT2D eigenvalue weighted by Gasteiger charge is -2.53. The maximum absolute atomic E-state index is 14.0. The predicted molar refractivity (Wildman–Crippen MR) is 156 cm³/mol. The van der Waals surface area contributed by atoms with Crippen LogP contribution in [0.25, 0.3) is 0 Å². The molecule has 234 valence electrons. The van der Waals surface area contributed by atoms with Crippen molar-refractivity contribution in [2.45, 2.75) is 77.4 Å². The molecule has 2 fully saturated rings. The van der Waals surface area contributed by atoms with Crippen molar-refractivity contribution in [2.75, 3.05) is 26.2 Å². The first kappa shape index (κ1) is 32.3. The van der Waals surface area contributed by atoms with Gasteiger partial charge in [0.1, 0.15) is 18.8 Å². The molecule has 0 aliphatic carbocycles. The molecule has 2 aromatic rings. The van der Waals surface area contributed by atoms with Gasteiger partial charge >= 0.3 is 12.3 Å². The zero-order valence-electron chi connectivity index (χ0n) is 24.8. The van der Waals surface area contributed by atoms with Crippen molar-refractivity contribution >= 4 is 17.9 Å². The molecule has 2 heterocycles. The highest BCUT2D eigenvalue weighted by Gasteiger charge is 2.51. The zero-order chi connectivity index (χ0) is 31.1. The van der Waals surface area contributed by atoms with Crippen molar-refractivity contribution in [3.05, 3.63) is 70.8 Å².